The summed E-state index contributed by atoms with van der Waals surface area (Å²) in [5.74, 6) is -1.02. The van der Waals surface area contributed by atoms with Crippen molar-refractivity contribution >= 4 is 21.7 Å². The number of esters is 1. The molecule has 2 aromatic carbocycles. The molecule has 0 amide bonds. The number of aromatic nitrogens is 2. The number of hydrogen-bond donors (Lipinski definition) is 2. The van der Waals surface area contributed by atoms with Crippen LogP contribution in [0.15, 0.2) is 83.5 Å². The molecular formula is C31H39N3O5S. The van der Waals surface area contributed by atoms with Crippen molar-refractivity contribution in [3.63, 3.8) is 0 Å². The summed E-state index contributed by atoms with van der Waals surface area (Å²) in [4.78, 5) is 17.7. The van der Waals surface area contributed by atoms with Crippen LogP contribution < -0.4 is 4.72 Å². The van der Waals surface area contributed by atoms with Crippen LogP contribution in [-0.2, 0) is 33.0 Å². The number of hydrogen-bond acceptors (Lipinski definition) is 6. The highest BCUT2D eigenvalue weighted by Gasteiger charge is 2.46. The Kier molecular flexibility index (Phi) is 8.44. The molecule has 9 heteroatoms. The fraction of sp³-hybridized carbons (Fsp3) is 0.419. The molecule has 40 heavy (non-hydrogen) atoms. The summed E-state index contributed by atoms with van der Waals surface area (Å²) in [6.07, 6.45) is 5.89. The molecule has 0 aliphatic carbocycles. The van der Waals surface area contributed by atoms with Gasteiger partial charge in [-0.3, -0.25) is 4.72 Å². The first kappa shape index (κ1) is 29.4. The van der Waals surface area contributed by atoms with E-state index in [0.717, 1.165) is 18.4 Å². The minimum absolute atomic E-state index is 0.0390. The molecule has 0 radical (unpaired) electrons. The SMILES string of the molecule is CCC[C@@]1(CCc2ccccc2)CC(O)=C([C@H](c2cccc(NS(=O)(=O)c3cn(C)cn3)c2)C(C)(C)C)C(=O)O1. The highest BCUT2D eigenvalue weighted by Crippen LogP contribution is 2.47. The molecule has 214 valence electrons. The minimum atomic E-state index is -3.90. The Labute approximate surface area is 237 Å². The van der Waals surface area contributed by atoms with Crippen molar-refractivity contribution < 1.29 is 23.1 Å². The van der Waals surface area contributed by atoms with Crippen LogP contribution in [-0.4, -0.2) is 34.6 Å². The third-order valence-corrected chi connectivity index (χ3v) is 8.60. The van der Waals surface area contributed by atoms with Crippen LogP contribution in [0.25, 0.3) is 0 Å². The zero-order chi connectivity index (χ0) is 29.1. The van der Waals surface area contributed by atoms with Crippen LogP contribution in [0.4, 0.5) is 5.69 Å². The van der Waals surface area contributed by atoms with E-state index >= 15 is 0 Å². The van der Waals surface area contributed by atoms with Gasteiger partial charge in [0.15, 0.2) is 5.03 Å². The fourth-order valence-electron chi connectivity index (χ4n) is 5.58. The molecule has 1 aromatic heterocycles. The summed E-state index contributed by atoms with van der Waals surface area (Å²) >= 11 is 0. The lowest BCUT2D eigenvalue weighted by atomic mass is 9.70. The Morgan fingerprint density at radius 1 is 1.12 bits per heavy atom. The Balaban J connectivity index is 1.66. The van der Waals surface area contributed by atoms with Gasteiger partial charge in [0.1, 0.15) is 11.4 Å². The summed E-state index contributed by atoms with van der Waals surface area (Å²) in [5, 5.41) is 11.4. The van der Waals surface area contributed by atoms with E-state index < -0.39 is 32.9 Å². The summed E-state index contributed by atoms with van der Waals surface area (Å²) in [7, 11) is -2.21. The summed E-state index contributed by atoms with van der Waals surface area (Å²) in [6.45, 7) is 8.00. The lowest BCUT2D eigenvalue weighted by molar-refractivity contribution is -0.161. The topological polar surface area (TPSA) is 111 Å². The highest BCUT2D eigenvalue weighted by molar-refractivity contribution is 7.92. The third-order valence-electron chi connectivity index (χ3n) is 7.33. The van der Waals surface area contributed by atoms with E-state index in [2.05, 4.69) is 21.8 Å². The lowest BCUT2D eigenvalue weighted by Gasteiger charge is -2.41. The van der Waals surface area contributed by atoms with Crippen molar-refractivity contribution in [3.8, 4) is 0 Å². The van der Waals surface area contributed by atoms with E-state index in [-0.39, 0.29) is 22.8 Å². The molecule has 1 aliphatic rings. The molecule has 2 atom stereocenters. The molecule has 1 aliphatic heterocycles. The van der Waals surface area contributed by atoms with Crippen LogP contribution in [0, 0.1) is 5.41 Å². The van der Waals surface area contributed by atoms with Gasteiger partial charge >= 0.3 is 5.97 Å². The Bertz CT molecular complexity index is 1490. The summed E-state index contributed by atoms with van der Waals surface area (Å²) < 4.78 is 36.1. The number of cyclic esters (lactones) is 1. The van der Waals surface area contributed by atoms with E-state index in [1.54, 1.807) is 29.8 Å². The van der Waals surface area contributed by atoms with Crippen molar-refractivity contribution in [2.45, 2.75) is 76.3 Å². The monoisotopic (exact) mass is 565 g/mol. The maximum atomic E-state index is 13.7. The van der Waals surface area contributed by atoms with Gasteiger partial charge in [-0.1, -0.05) is 76.6 Å². The predicted molar refractivity (Wildman–Crippen MR) is 155 cm³/mol. The van der Waals surface area contributed by atoms with E-state index in [1.165, 1.54) is 12.5 Å². The number of rotatable bonds is 10. The lowest BCUT2D eigenvalue weighted by Crippen LogP contribution is -2.43. The highest BCUT2D eigenvalue weighted by atomic mass is 32.2. The second-order valence-corrected chi connectivity index (χ2v) is 13.4. The molecule has 0 unspecified atom stereocenters. The van der Waals surface area contributed by atoms with E-state index in [9.17, 15) is 18.3 Å². The largest absolute Gasteiger partial charge is 0.512 e. The number of imidazole rings is 1. The van der Waals surface area contributed by atoms with Crippen LogP contribution >= 0.6 is 0 Å². The second kappa shape index (κ2) is 11.5. The van der Waals surface area contributed by atoms with Crippen molar-refractivity contribution in [1.29, 1.82) is 0 Å². The molecule has 0 saturated carbocycles. The van der Waals surface area contributed by atoms with Gasteiger partial charge in [-0.15, -0.1) is 0 Å². The van der Waals surface area contributed by atoms with E-state index in [4.69, 9.17) is 4.74 Å². The molecule has 2 N–H and O–H groups in total. The number of carbonyl (C=O) groups excluding carboxylic acids is 1. The second-order valence-electron chi connectivity index (χ2n) is 11.8. The number of aliphatic hydroxyl groups excluding tert-OH is 1. The van der Waals surface area contributed by atoms with Gasteiger partial charge < -0.3 is 14.4 Å². The predicted octanol–water partition coefficient (Wildman–Crippen LogP) is 6.28. The van der Waals surface area contributed by atoms with Gasteiger partial charge in [0, 0.05) is 31.3 Å². The number of carbonyl (C=O) groups is 1. The molecule has 3 aromatic rings. The maximum absolute atomic E-state index is 13.7. The van der Waals surface area contributed by atoms with Gasteiger partial charge in [-0.25, -0.2) is 9.78 Å². The molecular weight excluding hydrogens is 526 g/mol. The first-order valence-corrected chi connectivity index (χ1v) is 15.1. The molecule has 0 bridgehead atoms. The number of sulfonamides is 1. The van der Waals surface area contributed by atoms with Gasteiger partial charge in [0.2, 0.25) is 0 Å². The smallest absolute Gasteiger partial charge is 0.338 e. The first-order valence-electron chi connectivity index (χ1n) is 13.6. The maximum Gasteiger partial charge on any atom is 0.338 e. The number of nitrogens with one attached hydrogen (secondary N) is 1. The number of aliphatic hydroxyl groups is 1. The summed E-state index contributed by atoms with van der Waals surface area (Å²) in [6, 6.07) is 17.0. The van der Waals surface area contributed by atoms with E-state index in [0.29, 0.717) is 24.1 Å². The number of ether oxygens (including phenoxy) is 1. The quantitative estimate of drug-likeness (QED) is 0.280. The average molecular weight is 566 g/mol. The van der Waals surface area contributed by atoms with Gasteiger partial charge in [0.25, 0.3) is 10.0 Å². The number of anilines is 1. The normalized spacial score (nSPS) is 18.9. The molecule has 0 fully saturated rings. The third kappa shape index (κ3) is 6.58. The number of nitrogens with zero attached hydrogens (tertiary/aromatic N) is 2. The van der Waals surface area contributed by atoms with Crippen LogP contribution in [0.3, 0.4) is 0 Å². The number of benzene rings is 2. The van der Waals surface area contributed by atoms with Crippen molar-refractivity contribution in [3.05, 3.63) is 89.6 Å². The Morgan fingerprint density at radius 2 is 1.85 bits per heavy atom. The van der Waals surface area contributed by atoms with Gasteiger partial charge in [-0.05, 0) is 47.9 Å². The Hall–Kier alpha value is -3.59. The van der Waals surface area contributed by atoms with E-state index in [1.807, 2.05) is 52.0 Å². The Morgan fingerprint density at radius 3 is 2.45 bits per heavy atom. The number of aryl methyl sites for hydroxylation is 2. The molecule has 2 heterocycles. The first-order chi connectivity index (χ1) is 18.8. The van der Waals surface area contributed by atoms with Crippen LogP contribution in [0.2, 0.25) is 0 Å². The zero-order valence-corrected chi connectivity index (χ0v) is 24.7. The molecule has 0 spiro atoms. The van der Waals surface area contributed by atoms with Crippen molar-refractivity contribution in [1.82, 2.24) is 9.55 Å². The standard InChI is InChI=1S/C31H39N3O5S/c1-6-16-31(17-15-22-11-8-7-9-12-22)19-25(35)27(29(36)39-31)28(30(2,3)4)23-13-10-14-24(18-23)33-40(37,38)26-20-34(5)21-32-26/h7-14,18,20-21,28,33,35H,6,15-17,19H2,1-5H3/t28-,31+/m0/s1. The van der Waals surface area contributed by atoms with Crippen molar-refractivity contribution in [2.75, 3.05) is 4.72 Å². The average Bonchev–Trinajstić information content (AvgIpc) is 3.32. The molecule has 8 nitrogen and oxygen atoms in total. The van der Waals surface area contributed by atoms with Crippen LogP contribution in [0.5, 0.6) is 0 Å². The van der Waals surface area contributed by atoms with Crippen LogP contribution in [0.1, 0.15) is 70.4 Å². The van der Waals surface area contributed by atoms with Crippen molar-refractivity contribution in [2.24, 2.45) is 12.5 Å². The molecule has 4 rings (SSSR count). The zero-order valence-electron chi connectivity index (χ0n) is 23.8. The molecule has 0 saturated heterocycles. The summed E-state index contributed by atoms with van der Waals surface area (Å²) in [5.41, 5.74) is 1.14. The fourth-order valence-corrected chi connectivity index (χ4v) is 6.62. The minimum Gasteiger partial charge on any atom is -0.512 e. The van der Waals surface area contributed by atoms with Gasteiger partial charge in [0.05, 0.1) is 11.9 Å². The van der Waals surface area contributed by atoms with Gasteiger partial charge in [-0.2, -0.15) is 8.42 Å².